The van der Waals surface area contributed by atoms with E-state index in [9.17, 15) is 13.6 Å². The van der Waals surface area contributed by atoms with Crippen molar-refractivity contribution < 1.29 is 18.7 Å². The Bertz CT molecular complexity index is 763. The third-order valence-electron chi connectivity index (χ3n) is 4.66. The topological polar surface area (TPSA) is 83.3 Å². The lowest BCUT2D eigenvalue weighted by molar-refractivity contribution is 0.0946. The van der Waals surface area contributed by atoms with Crippen molar-refractivity contribution in [3.63, 3.8) is 0 Å². The highest BCUT2D eigenvalue weighted by Crippen LogP contribution is 2.24. The summed E-state index contributed by atoms with van der Waals surface area (Å²) in [6.45, 7) is 1.88. The predicted octanol–water partition coefficient (Wildman–Crippen LogP) is 1.51. The van der Waals surface area contributed by atoms with E-state index in [1.165, 1.54) is 18.2 Å². The highest BCUT2D eigenvalue weighted by atomic mass is 19.1. The number of likely N-dealkylation sites (tertiary alicyclic amines) is 1. The highest BCUT2D eigenvalue weighted by molar-refractivity contribution is 5.91. The van der Waals surface area contributed by atoms with Gasteiger partial charge in [-0.3, -0.25) is 9.69 Å². The van der Waals surface area contributed by atoms with Crippen molar-refractivity contribution in [2.75, 3.05) is 26.2 Å². The van der Waals surface area contributed by atoms with Crippen LogP contribution in [-0.2, 0) is 6.54 Å². The molecule has 0 radical (unpaired) electrons. The monoisotopic (exact) mass is 379 g/mol. The summed E-state index contributed by atoms with van der Waals surface area (Å²) in [5.74, 6) is -1.42. The number of carbonyl (C=O) groups excluding carboxylic acids is 1. The number of nitrogens with zero attached hydrogens (tertiary/aromatic N) is 4. The first-order valence-electron chi connectivity index (χ1n) is 9.04. The standard InChI is InChI=1S/C18H23F2N5O2/c19-15-5-1-6-16(20)14(15)11-24-8-2-4-13(10-24)25-12-17(22-23-25)18(27)21-7-3-9-26/h1,5-6,12-13,26H,2-4,7-11H2,(H,21,27)/t13-/m1/s1. The number of hydrogen-bond acceptors (Lipinski definition) is 5. The number of aliphatic hydroxyl groups excluding tert-OH is 1. The molecule has 1 aromatic heterocycles. The Balaban J connectivity index is 1.62. The summed E-state index contributed by atoms with van der Waals surface area (Å²) in [4.78, 5) is 14.0. The van der Waals surface area contributed by atoms with Crippen LogP contribution >= 0.6 is 0 Å². The number of aromatic nitrogens is 3. The van der Waals surface area contributed by atoms with Crippen molar-refractivity contribution in [3.8, 4) is 0 Å². The maximum atomic E-state index is 13.9. The summed E-state index contributed by atoms with van der Waals surface area (Å²) < 4.78 is 29.4. The van der Waals surface area contributed by atoms with Crippen molar-refractivity contribution in [2.45, 2.75) is 31.8 Å². The first-order chi connectivity index (χ1) is 13.1. The van der Waals surface area contributed by atoms with E-state index in [2.05, 4.69) is 15.6 Å². The molecule has 2 aromatic rings. The third-order valence-corrected chi connectivity index (χ3v) is 4.66. The second-order valence-electron chi connectivity index (χ2n) is 6.65. The predicted molar refractivity (Wildman–Crippen MR) is 94.0 cm³/mol. The van der Waals surface area contributed by atoms with E-state index in [0.717, 1.165) is 19.4 Å². The molecule has 1 amide bonds. The number of benzene rings is 1. The number of piperidine rings is 1. The number of amides is 1. The Morgan fingerprint density at radius 1 is 1.33 bits per heavy atom. The minimum absolute atomic E-state index is 0.00742. The molecule has 0 saturated carbocycles. The molecule has 1 atom stereocenters. The van der Waals surface area contributed by atoms with Crippen LogP contribution in [0.25, 0.3) is 0 Å². The molecule has 7 nitrogen and oxygen atoms in total. The van der Waals surface area contributed by atoms with E-state index in [1.807, 2.05) is 4.90 Å². The van der Waals surface area contributed by atoms with Gasteiger partial charge < -0.3 is 10.4 Å². The fourth-order valence-electron chi connectivity index (χ4n) is 3.23. The van der Waals surface area contributed by atoms with E-state index in [1.54, 1.807) is 10.9 Å². The van der Waals surface area contributed by atoms with Crippen LogP contribution in [0.1, 0.15) is 41.4 Å². The van der Waals surface area contributed by atoms with E-state index in [4.69, 9.17) is 5.11 Å². The Morgan fingerprint density at radius 3 is 2.85 bits per heavy atom. The van der Waals surface area contributed by atoms with Gasteiger partial charge in [-0.1, -0.05) is 11.3 Å². The van der Waals surface area contributed by atoms with Gasteiger partial charge in [0.15, 0.2) is 5.69 Å². The number of carbonyl (C=O) groups is 1. The van der Waals surface area contributed by atoms with Gasteiger partial charge in [-0.05, 0) is 37.9 Å². The fraction of sp³-hybridized carbons (Fsp3) is 0.500. The Morgan fingerprint density at radius 2 is 2.11 bits per heavy atom. The average molecular weight is 379 g/mol. The molecule has 1 fully saturated rings. The molecule has 1 saturated heterocycles. The van der Waals surface area contributed by atoms with Crippen LogP contribution in [0.2, 0.25) is 0 Å². The molecular formula is C18H23F2N5O2. The van der Waals surface area contributed by atoms with Crippen LogP contribution in [0.15, 0.2) is 24.4 Å². The molecule has 2 N–H and O–H groups in total. The molecule has 2 heterocycles. The largest absolute Gasteiger partial charge is 0.396 e. The number of nitrogens with one attached hydrogen (secondary N) is 1. The fourth-order valence-corrected chi connectivity index (χ4v) is 3.23. The van der Waals surface area contributed by atoms with Crippen molar-refractivity contribution >= 4 is 5.91 Å². The quantitative estimate of drug-likeness (QED) is 0.713. The van der Waals surface area contributed by atoms with Gasteiger partial charge in [0.1, 0.15) is 11.6 Å². The Labute approximate surface area is 156 Å². The van der Waals surface area contributed by atoms with E-state index in [0.29, 0.717) is 19.5 Å². The van der Waals surface area contributed by atoms with Crippen LogP contribution in [0.5, 0.6) is 0 Å². The number of halogens is 2. The van der Waals surface area contributed by atoms with Crippen molar-refractivity contribution in [2.24, 2.45) is 0 Å². The van der Waals surface area contributed by atoms with E-state index >= 15 is 0 Å². The second-order valence-corrected chi connectivity index (χ2v) is 6.65. The zero-order valence-corrected chi connectivity index (χ0v) is 14.9. The SMILES string of the molecule is O=C(NCCCO)c1cn([C@@H]2CCCN(Cc3c(F)cccc3F)C2)nn1. The van der Waals surface area contributed by atoms with Crippen molar-refractivity contribution in [3.05, 3.63) is 47.3 Å². The van der Waals surface area contributed by atoms with Gasteiger partial charge in [-0.15, -0.1) is 5.10 Å². The minimum Gasteiger partial charge on any atom is -0.396 e. The molecule has 3 rings (SSSR count). The van der Waals surface area contributed by atoms with Gasteiger partial charge in [0.2, 0.25) is 0 Å². The maximum Gasteiger partial charge on any atom is 0.273 e. The van der Waals surface area contributed by atoms with Gasteiger partial charge in [0.25, 0.3) is 5.91 Å². The molecule has 1 aromatic carbocycles. The number of aliphatic hydroxyl groups is 1. The Hall–Kier alpha value is -2.39. The van der Waals surface area contributed by atoms with Crippen LogP contribution in [-0.4, -0.2) is 57.1 Å². The van der Waals surface area contributed by atoms with Crippen LogP contribution in [0.3, 0.4) is 0 Å². The van der Waals surface area contributed by atoms with Crippen LogP contribution < -0.4 is 5.32 Å². The second kappa shape index (κ2) is 9.01. The summed E-state index contributed by atoms with van der Waals surface area (Å²) in [7, 11) is 0. The summed E-state index contributed by atoms with van der Waals surface area (Å²) >= 11 is 0. The van der Waals surface area contributed by atoms with Gasteiger partial charge in [0.05, 0.1) is 12.2 Å². The van der Waals surface area contributed by atoms with Gasteiger partial charge in [0, 0.05) is 31.8 Å². The van der Waals surface area contributed by atoms with Crippen LogP contribution in [0.4, 0.5) is 8.78 Å². The van der Waals surface area contributed by atoms with Crippen molar-refractivity contribution in [1.82, 2.24) is 25.2 Å². The zero-order valence-electron chi connectivity index (χ0n) is 14.9. The Kier molecular flexibility index (Phi) is 6.46. The summed E-state index contributed by atoms with van der Waals surface area (Å²) in [5, 5.41) is 19.4. The minimum atomic E-state index is -0.542. The molecular weight excluding hydrogens is 356 g/mol. The first-order valence-corrected chi connectivity index (χ1v) is 9.04. The smallest absolute Gasteiger partial charge is 0.273 e. The van der Waals surface area contributed by atoms with Crippen LogP contribution in [0, 0.1) is 11.6 Å². The normalized spacial score (nSPS) is 17.8. The van der Waals surface area contributed by atoms with E-state index < -0.39 is 11.6 Å². The lowest BCUT2D eigenvalue weighted by atomic mass is 10.0. The molecule has 0 bridgehead atoms. The molecule has 0 spiro atoms. The first kappa shape index (κ1) is 19.4. The molecule has 0 unspecified atom stereocenters. The number of rotatable bonds is 7. The summed E-state index contributed by atoms with van der Waals surface area (Å²) in [6.07, 6.45) is 3.78. The van der Waals surface area contributed by atoms with Crippen molar-refractivity contribution in [1.29, 1.82) is 0 Å². The number of hydrogen-bond donors (Lipinski definition) is 2. The molecule has 0 aliphatic carbocycles. The third kappa shape index (κ3) is 4.86. The molecule has 146 valence electrons. The summed E-state index contributed by atoms with van der Waals surface area (Å²) in [5.41, 5.74) is 0.283. The molecule has 1 aliphatic rings. The average Bonchev–Trinajstić information content (AvgIpc) is 3.16. The maximum absolute atomic E-state index is 13.9. The lowest BCUT2D eigenvalue weighted by Crippen LogP contribution is -2.36. The van der Waals surface area contributed by atoms with Gasteiger partial charge in [-0.25, -0.2) is 13.5 Å². The highest BCUT2D eigenvalue weighted by Gasteiger charge is 2.25. The molecule has 1 aliphatic heterocycles. The molecule has 9 heteroatoms. The molecule has 27 heavy (non-hydrogen) atoms. The zero-order chi connectivity index (χ0) is 19.2. The van der Waals surface area contributed by atoms with Gasteiger partial charge in [-0.2, -0.15) is 0 Å². The summed E-state index contributed by atoms with van der Waals surface area (Å²) in [6, 6.07) is 3.87. The van der Waals surface area contributed by atoms with Gasteiger partial charge >= 0.3 is 0 Å². The van der Waals surface area contributed by atoms with E-state index in [-0.39, 0.29) is 36.4 Å². The lowest BCUT2D eigenvalue weighted by Gasteiger charge is -2.32.